The summed E-state index contributed by atoms with van der Waals surface area (Å²) < 4.78 is 5.51. The van der Waals surface area contributed by atoms with Crippen LogP contribution < -0.4 is 10.1 Å². The number of rotatable bonds is 5. The monoisotopic (exact) mass is 356 g/mol. The molecule has 2 aromatic carbocycles. The van der Waals surface area contributed by atoms with Crippen LogP contribution in [0.25, 0.3) is 0 Å². The predicted molar refractivity (Wildman–Crippen MR) is 101 cm³/mol. The topological polar surface area (TPSA) is 50.7 Å². The summed E-state index contributed by atoms with van der Waals surface area (Å²) in [5.74, 6) is 2.12. The maximum atomic E-state index is 12.4. The minimum atomic E-state index is 0. The minimum Gasteiger partial charge on any atom is -0.493 e. The molecule has 0 aromatic heterocycles. The van der Waals surface area contributed by atoms with Crippen molar-refractivity contribution >= 4 is 24.0 Å². The first-order valence-corrected chi connectivity index (χ1v) is 8.42. The van der Waals surface area contributed by atoms with Crippen molar-refractivity contribution in [3.05, 3.63) is 64.7 Å². The molecule has 0 atom stereocenters. The van der Waals surface area contributed by atoms with Crippen LogP contribution in [0.2, 0.25) is 0 Å². The Hall–Kier alpha value is -2.33. The van der Waals surface area contributed by atoms with Crippen molar-refractivity contribution in [3.63, 3.8) is 0 Å². The first-order valence-electron chi connectivity index (χ1n) is 8.42. The van der Waals surface area contributed by atoms with E-state index in [2.05, 4.69) is 22.4 Å². The Morgan fingerprint density at radius 2 is 1.96 bits per heavy atom. The quantitative estimate of drug-likeness (QED) is 0.896. The Morgan fingerprint density at radius 1 is 1.12 bits per heavy atom. The lowest BCUT2D eigenvalue weighted by Gasteiger charge is -2.07. The number of halogens is 1. The predicted octanol–water partition coefficient (Wildman–Crippen LogP) is 2.75. The standard InChI is InChI=1S/C20H20N2O2.ClH/c23-18(13-15-4-5-19-16(10-15)6-9-24-19)12-14-2-1-3-17(11-14)20-21-7-8-22-20;/h1-5,10-11H,6-9,12-13H2,(H,21,22);1H. The summed E-state index contributed by atoms with van der Waals surface area (Å²) in [7, 11) is 0. The smallest absolute Gasteiger partial charge is 0.141 e. The zero-order chi connectivity index (χ0) is 16.4. The molecular weight excluding hydrogens is 336 g/mol. The van der Waals surface area contributed by atoms with E-state index in [1.807, 2.05) is 30.3 Å². The number of nitrogens with zero attached hydrogens (tertiary/aromatic N) is 1. The Kier molecular flexibility index (Phi) is 5.39. The van der Waals surface area contributed by atoms with Crippen LogP contribution in [-0.2, 0) is 24.1 Å². The highest BCUT2D eigenvalue weighted by Crippen LogP contribution is 2.26. The molecule has 0 fully saturated rings. The fraction of sp³-hybridized carbons (Fsp3) is 0.300. The second-order valence-corrected chi connectivity index (χ2v) is 6.29. The Morgan fingerprint density at radius 3 is 2.76 bits per heavy atom. The maximum Gasteiger partial charge on any atom is 0.141 e. The first kappa shape index (κ1) is 17.5. The van der Waals surface area contributed by atoms with Gasteiger partial charge in [-0.1, -0.05) is 30.3 Å². The molecule has 0 radical (unpaired) electrons. The van der Waals surface area contributed by atoms with E-state index in [9.17, 15) is 4.79 Å². The highest BCUT2D eigenvalue weighted by Gasteiger charge is 2.14. The van der Waals surface area contributed by atoms with Crippen LogP contribution in [0.15, 0.2) is 47.5 Å². The molecule has 4 rings (SSSR count). The van der Waals surface area contributed by atoms with Crippen LogP contribution in [0.5, 0.6) is 5.75 Å². The van der Waals surface area contributed by atoms with Crippen LogP contribution in [0.4, 0.5) is 0 Å². The third-order valence-corrected chi connectivity index (χ3v) is 4.43. The molecule has 0 aliphatic carbocycles. The normalized spacial score (nSPS) is 14.8. The van der Waals surface area contributed by atoms with Crippen molar-refractivity contribution in [3.8, 4) is 5.75 Å². The van der Waals surface area contributed by atoms with Crippen molar-refractivity contribution in [1.29, 1.82) is 0 Å². The number of hydrogen-bond acceptors (Lipinski definition) is 4. The molecule has 25 heavy (non-hydrogen) atoms. The molecule has 2 aliphatic rings. The average Bonchev–Trinajstić information content (AvgIpc) is 3.26. The number of Topliss-reactive ketones (excluding diaryl/α,β-unsaturated/α-hetero) is 1. The Labute approximate surface area is 153 Å². The Balaban J connectivity index is 0.00000182. The van der Waals surface area contributed by atoms with Crippen LogP contribution >= 0.6 is 12.4 Å². The van der Waals surface area contributed by atoms with E-state index in [1.54, 1.807) is 0 Å². The van der Waals surface area contributed by atoms with Gasteiger partial charge in [0.1, 0.15) is 17.4 Å². The number of aliphatic imine (C=N–C) groups is 1. The maximum absolute atomic E-state index is 12.4. The van der Waals surface area contributed by atoms with Gasteiger partial charge in [0.2, 0.25) is 0 Å². The molecular formula is C20H21ClN2O2. The molecule has 0 spiro atoms. The highest BCUT2D eigenvalue weighted by molar-refractivity contribution is 6.00. The molecule has 130 valence electrons. The van der Waals surface area contributed by atoms with Crippen molar-refractivity contribution < 1.29 is 9.53 Å². The van der Waals surface area contributed by atoms with Crippen LogP contribution in [0, 0.1) is 0 Å². The molecule has 0 unspecified atom stereocenters. The summed E-state index contributed by atoms with van der Waals surface area (Å²) in [4.78, 5) is 16.9. The van der Waals surface area contributed by atoms with E-state index in [1.165, 1.54) is 5.56 Å². The van der Waals surface area contributed by atoms with Gasteiger partial charge < -0.3 is 10.1 Å². The van der Waals surface area contributed by atoms with Crippen LogP contribution in [-0.4, -0.2) is 31.3 Å². The third kappa shape index (κ3) is 4.02. The lowest BCUT2D eigenvalue weighted by atomic mass is 9.99. The fourth-order valence-corrected chi connectivity index (χ4v) is 3.29. The minimum absolute atomic E-state index is 0. The molecule has 0 bridgehead atoms. The van der Waals surface area contributed by atoms with Crippen molar-refractivity contribution in [1.82, 2.24) is 5.32 Å². The summed E-state index contributed by atoms with van der Waals surface area (Å²) in [6.45, 7) is 2.46. The van der Waals surface area contributed by atoms with E-state index in [-0.39, 0.29) is 18.2 Å². The summed E-state index contributed by atoms with van der Waals surface area (Å²) in [5, 5.41) is 3.27. The van der Waals surface area contributed by atoms with Crippen LogP contribution in [0.1, 0.15) is 22.3 Å². The number of amidine groups is 1. The molecule has 2 aliphatic heterocycles. The highest BCUT2D eigenvalue weighted by atomic mass is 35.5. The second-order valence-electron chi connectivity index (χ2n) is 6.29. The molecule has 0 saturated heterocycles. The van der Waals surface area contributed by atoms with Gasteiger partial charge in [0.05, 0.1) is 13.2 Å². The first-order chi connectivity index (χ1) is 11.8. The Bertz CT molecular complexity index is 817. The number of hydrogen-bond donors (Lipinski definition) is 1. The van der Waals surface area contributed by atoms with Gasteiger partial charge in [-0.05, 0) is 28.8 Å². The summed E-state index contributed by atoms with van der Waals surface area (Å²) in [6, 6.07) is 14.2. The molecule has 0 amide bonds. The van der Waals surface area contributed by atoms with E-state index in [4.69, 9.17) is 4.74 Å². The molecule has 5 heteroatoms. The fourth-order valence-electron chi connectivity index (χ4n) is 3.29. The molecule has 1 N–H and O–H groups in total. The summed E-state index contributed by atoms with van der Waals surface area (Å²) in [5.41, 5.74) is 4.39. The van der Waals surface area contributed by atoms with Crippen LogP contribution in [0.3, 0.4) is 0 Å². The number of carbonyl (C=O) groups is 1. The average molecular weight is 357 g/mol. The number of fused-ring (bicyclic) bond motifs is 1. The van der Waals surface area contributed by atoms with Crippen molar-refractivity contribution in [2.24, 2.45) is 4.99 Å². The SMILES string of the molecule is Cl.O=C(Cc1cccc(C2=NCCN2)c1)Cc1ccc2c(c1)CCO2. The largest absolute Gasteiger partial charge is 0.493 e. The number of ether oxygens (including phenoxy) is 1. The van der Waals surface area contributed by atoms with Crippen molar-refractivity contribution in [2.45, 2.75) is 19.3 Å². The van der Waals surface area contributed by atoms with Gasteiger partial charge in [0, 0.05) is 31.4 Å². The van der Waals surface area contributed by atoms with Gasteiger partial charge in [-0.3, -0.25) is 9.79 Å². The third-order valence-electron chi connectivity index (χ3n) is 4.43. The number of nitrogens with one attached hydrogen (secondary N) is 1. The van der Waals surface area contributed by atoms with E-state index in [0.717, 1.165) is 54.4 Å². The zero-order valence-corrected chi connectivity index (χ0v) is 14.8. The van der Waals surface area contributed by atoms with Crippen molar-refractivity contribution in [2.75, 3.05) is 19.7 Å². The van der Waals surface area contributed by atoms with Gasteiger partial charge in [0.15, 0.2) is 0 Å². The molecule has 0 saturated carbocycles. The molecule has 2 aromatic rings. The van der Waals surface area contributed by atoms with Gasteiger partial charge in [0.25, 0.3) is 0 Å². The lowest BCUT2D eigenvalue weighted by molar-refractivity contribution is -0.117. The number of benzene rings is 2. The van der Waals surface area contributed by atoms with Gasteiger partial charge in [-0.15, -0.1) is 12.4 Å². The lowest BCUT2D eigenvalue weighted by Crippen LogP contribution is -2.19. The number of ketones is 1. The van der Waals surface area contributed by atoms with E-state index >= 15 is 0 Å². The van der Waals surface area contributed by atoms with E-state index in [0.29, 0.717) is 12.8 Å². The number of carbonyl (C=O) groups excluding carboxylic acids is 1. The van der Waals surface area contributed by atoms with Gasteiger partial charge in [-0.25, -0.2) is 0 Å². The zero-order valence-electron chi connectivity index (χ0n) is 14.0. The van der Waals surface area contributed by atoms with E-state index < -0.39 is 0 Å². The summed E-state index contributed by atoms with van der Waals surface area (Å²) >= 11 is 0. The summed E-state index contributed by atoms with van der Waals surface area (Å²) in [6.07, 6.45) is 1.86. The molecule has 2 heterocycles. The van der Waals surface area contributed by atoms with Gasteiger partial charge in [-0.2, -0.15) is 0 Å². The van der Waals surface area contributed by atoms with Gasteiger partial charge >= 0.3 is 0 Å². The second kappa shape index (κ2) is 7.70. The molecule has 4 nitrogen and oxygen atoms in total.